The van der Waals surface area contributed by atoms with Crippen molar-refractivity contribution in [1.29, 1.82) is 0 Å². The first-order chi connectivity index (χ1) is 10.2. The predicted molar refractivity (Wildman–Crippen MR) is 88.3 cm³/mol. The fourth-order valence-electron chi connectivity index (χ4n) is 2.35. The Kier molecular flexibility index (Phi) is 4.11. The van der Waals surface area contributed by atoms with Crippen LogP contribution in [0.2, 0.25) is 0 Å². The first-order valence-electron chi connectivity index (χ1n) is 6.80. The summed E-state index contributed by atoms with van der Waals surface area (Å²) in [5, 5.41) is 2.37. The fraction of sp³-hybridized carbons (Fsp3) is 0.111. The van der Waals surface area contributed by atoms with Gasteiger partial charge in [-0.25, -0.2) is 0 Å². The van der Waals surface area contributed by atoms with E-state index >= 15 is 0 Å². The molecule has 3 aromatic rings. The molecule has 104 valence electrons. The van der Waals surface area contributed by atoms with Crippen LogP contribution in [-0.4, -0.2) is 10.8 Å². The minimum Gasteiger partial charge on any atom is -0.299 e. The molecule has 0 spiro atoms. The third-order valence-corrected chi connectivity index (χ3v) is 3.85. The lowest BCUT2D eigenvalue weighted by Gasteiger charge is -2.04. The molecule has 0 fully saturated rings. The number of halogens is 1. The molecule has 0 amide bonds. The lowest BCUT2D eigenvalue weighted by atomic mass is 10.0. The number of nitrogens with zero attached hydrogens (tertiary/aromatic N) is 1. The van der Waals surface area contributed by atoms with Gasteiger partial charge in [0.15, 0.2) is 0 Å². The quantitative estimate of drug-likeness (QED) is 0.707. The van der Waals surface area contributed by atoms with Crippen LogP contribution >= 0.6 is 15.9 Å². The summed E-state index contributed by atoms with van der Waals surface area (Å²) in [5.74, 6) is 0.181. The maximum absolute atomic E-state index is 12.2. The van der Waals surface area contributed by atoms with Gasteiger partial charge in [-0.05, 0) is 44.4 Å². The number of hydrogen-bond acceptors (Lipinski definition) is 2. The van der Waals surface area contributed by atoms with Crippen LogP contribution in [0.15, 0.2) is 65.3 Å². The third-order valence-electron chi connectivity index (χ3n) is 3.38. The van der Waals surface area contributed by atoms with Gasteiger partial charge >= 0.3 is 0 Å². The van der Waals surface area contributed by atoms with Gasteiger partial charge in [-0.3, -0.25) is 9.78 Å². The zero-order valence-corrected chi connectivity index (χ0v) is 13.0. The summed E-state index contributed by atoms with van der Waals surface area (Å²) in [6.45, 7) is 0. The van der Waals surface area contributed by atoms with Crippen LogP contribution in [0.4, 0.5) is 0 Å². The van der Waals surface area contributed by atoms with Crippen LogP contribution in [0, 0.1) is 0 Å². The average Bonchev–Trinajstić information content (AvgIpc) is 2.49. The van der Waals surface area contributed by atoms with Crippen molar-refractivity contribution in [1.82, 2.24) is 4.98 Å². The Hall–Kier alpha value is -2.00. The number of ketones is 1. The lowest BCUT2D eigenvalue weighted by molar-refractivity contribution is -0.117. The summed E-state index contributed by atoms with van der Waals surface area (Å²) >= 11 is 3.34. The van der Waals surface area contributed by atoms with E-state index in [9.17, 15) is 4.79 Å². The number of fused-ring (bicyclic) bond motifs is 1. The lowest BCUT2D eigenvalue weighted by Crippen LogP contribution is -2.07. The van der Waals surface area contributed by atoms with Crippen molar-refractivity contribution in [2.24, 2.45) is 0 Å². The van der Waals surface area contributed by atoms with Gasteiger partial charge in [0.05, 0.1) is 0 Å². The van der Waals surface area contributed by atoms with E-state index in [1.54, 1.807) is 6.20 Å². The second-order valence-corrected chi connectivity index (χ2v) is 5.96. The number of hydrogen-bond donors (Lipinski definition) is 0. The number of carbonyl (C=O) groups excluding carboxylic acids is 1. The van der Waals surface area contributed by atoms with Gasteiger partial charge in [-0.15, -0.1) is 0 Å². The highest BCUT2D eigenvalue weighted by molar-refractivity contribution is 9.10. The first-order valence-corrected chi connectivity index (χ1v) is 7.60. The number of pyridine rings is 1. The fourth-order valence-corrected chi connectivity index (χ4v) is 2.59. The Morgan fingerprint density at radius 3 is 2.52 bits per heavy atom. The van der Waals surface area contributed by atoms with Gasteiger partial charge in [0, 0.05) is 29.2 Å². The second-order valence-electron chi connectivity index (χ2n) is 5.04. The van der Waals surface area contributed by atoms with Crippen LogP contribution in [0.1, 0.15) is 11.3 Å². The Bertz CT molecular complexity index is 781. The van der Waals surface area contributed by atoms with Gasteiger partial charge in [0.1, 0.15) is 5.78 Å². The van der Waals surface area contributed by atoms with E-state index in [4.69, 9.17) is 0 Å². The Balaban J connectivity index is 1.72. The van der Waals surface area contributed by atoms with E-state index < -0.39 is 0 Å². The molecule has 1 aromatic heterocycles. The SMILES string of the molecule is O=C(Cc1ccc2ccccc2c1)Cc1ccc(Br)cn1. The van der Waals surface area contributed by atoms with E-state index in [2.05, 4.69) is 45.2 Å². The third kappa shape index (κ3) is 3.56. The molecule has 21 heavy (non-hydrogen) atoms. The molecule has 2 aromatic carbocycles. The van der Waals surface area contributed by atoms with Crippen LogP contribution < -0.4 is 0 Å². The minimum atomic E-state index is 0.181. The van der Waals surface area contributed by atoms with E-state index in [0.717, 1.165) is 15.7 Å². The van der Waals surface area contributed by atoms with Crippen molar-refractivity contribution in [3.05, 3.63) is 76.5 Å². The number of Topliss-reactive ketones (excluding diaryl/α,β-unsaturated/α-hetero) is 1. The normalized spacial score (nSPS) is 10.7. The van der Waals surface area contributed by atoms with Crippen molar-refractivity contribution in [3.63, 3.8) is 0 Å². The van der Waals surface area contributed by atoms with Gasteiger partial charge in [0.2, 0.25) is 0 Å². The largest absolute Gasteiger partial charge is 0.299 e. The first kappa shape index (κ1) is 14.0. The van der Waals surface area contributed by atoms with Crippen molar-refractivity contribution < 1.29 is 4.79 Å². The average molecular weight is 340 g/mol. The molecule has 0 saturated heterocycles. The van der Waals surface area contributed by atoms with E-state index in [0.29, 0.717) is 12.8 Å². The summed E-state index contributed by atoms with van der Waals surface area (Å²) in [6.07, 6.45) is 2.54. The standard InChI is InChI=1S/C18H14BrNO/c19-16-7-8-17(20-12-16)11-18(21)10-13-5-6-14-3-1-2-4-15(14)9-13/h1-9,12H,10-11H2. The van der Waals surface area contributed by atoms with E-state index in [1.165, 1.54) is 10.8 Å². The predicted octanol–water partition coefficient (Wildman–Crippen LogP) is 4.35. The molecule has 0 aliphatic heterocycles. The van der Waals surface area contributed by atoms with Gasteiger partial charge in [0.25, 0.3) is 0 Å². The molecule has 2 nitrogen and oxygen atoms in total. The molecule has 0 N–H and O–H groups in total. The summed E-state index contributed by atoms with van der Waals surface area (Å²) in [6, 6.07) is 18.1. The molecular formula is C18H14BrNO. The molecule has 0 atom stereocenters. The van der Waals surface area contributed by atoms with Crippen molar-refractivity contribution in [2.45, 2.75) is 12.8 Å². The highest BCUT2D eigenvalue weighted by atomic mass is 79.9. The molecule has 0 saturated carbocycles. The molecule has 0 aliphatic carbocycles. The Labute approximate surface area is 132 Å². The summed E-state index contributed by atoms with van der Waals surface area (Å²) in [7, 11) is 0. The smallest absolute Gasteiger partial charge is 0.143 e. The zero-order valence-electron chi connectivity index (χ0n) is 11.4. The molecule has 3 heteroatoms. The summed E-state index contributed by atoms with van der Waals surface area (Å²) in [5.41, 5.74) is 1.86. The van der Waals surface area contributed by atoms with Crippen LogP contribution in [-0.2, 0) is 17.6 Å². The van der Waals surface area contributed by atoms with Crippen LogP contribution in [0.3, 0.4) is 0 Å². The number of aromatic nitrogens is 1. The summed E-state index contributed by atoms with van der Waals surface area (Å²) < 4.78 is 0.924. The second kappa shape index (κ2) is 6.19. The number of rotatable bonds is 4. The van der Waals surface area contributed by atoms with E-state index in [1.807, 2.05) is 30.3 Å². The van der Waals surface area contributed by atoms with Gasteiger partial charge < -0.3 is 0 Å². The summed E-state index contributed by atoms with van der Waals surface area (Å²) in [4.78, 5) is 16.4. The monoisotopic (exact) mass is 339 g/mol. The molecular weight excluding hydrogens is 326 g/mol. The van der Waals surface area contributed by atoms with Crippen LogP contribution in [0.25, 0.3) is 10.8 Å². The highest BCUT2D eigenvalue weighted by Gasteiger charge is 2.07. The molecule has 0 radical (unpaired) electrons. The maximum Gasteiger partial charge on any atom is 0.143 e. The molecule has 3 rings (SSSR count). The van der Waals surface area contributed by atoms with Gasteiger partial charge in [-0.1, -0.05) is 42.5 Å². The van der Waals surface area contributed by atoms with E-state index in [-0.39, 0.29) is 5.78 Å². The van der Waals surface area contributed by atoms with Crippen molar-refractivity contribution in [3.8, 4) is 0 Å². The van der Waals surface area contributed by atoms with Gasteiger partial charge in [-0.2, -0.15) is 0 Å². The molecule has 0 unspecified atom stereocenters. The topological polar surface area (TPSA) is 30.0 Å². The van der Waals surface area contributed by atoms with Crippen LogP contribution in [0.5, 0.6) is 0 Å². The Morgan fingerprint density at radius 2 is 1.76 bits per heavy atom. The minimum absolute atomic E-state index is 0.181. The molecule has 0 bridgehead atoms. The number of benzene rings is 2. The maximum atomic E-state index is 12.2. The molecule has 0 aliphatic rings. The zero-order chi connectivity index (χ0) is 14.7. The van der Waals surface area contributed by atoms with Crippen molar-refractivity contribution >= 4 is 32.5 Å². The molecule has 1 heterocycles. The van der Waals surface area contributed by atoms with Crippen molar-refractivity contribution in [2.75, 3.05) is 0 Å². The number of carbonyl (C=O) groups is 1. The highest BCUT2D eigenvalue weighted by Crippen LogP contribution is 2.16. The Morgan fingerprint density at radius 1 is 0.952 bits per heavy atom.